The first kappa shape index (κ1) is 18.2. The highest BCUT2D eigenvalue weighted by atomic mass is 32.1. The number of alkyl halides is 3. The zero-order chi connectivity index (χ0) is 16.6. The first-order valence-corrected chi connectivity index (χ1v) is 6.71. The fraction of sp³-hybridized carbons (Fsp3) is 0.385. The molecular formula is C13H16F3N3O2S. The molecule has 0 heterocycles. The van der Waals surface area contributed by atoms with Gasteiger partial charge in [0.05, 0.1) is 18.6 Å². The fourth-order valence-corrected chi connectivity index (χ4v) is 1.68. The van der Waals surface area contributed by atoms with Crippen LogP contribution in [0, 0.1) is 0 Å². The summed E-state index contributed by atoms with van der Waals surface area (Å²) >= 11 is 4.88. The van der Waals surface area contributed by atoms with E-state index in [1.165, 1.54) is 19.2 Å². The van der Waals surface area contributed by atoms with Gasteiger partial charge in [-0.05, 0) is 23.8 Å². The summed E-state index contributed by atoms with van der Waals surface area (Å²) in [6.45, 7) is 0.909. The molecule has 0 bridgehead atoms. The quantitative estimate of drug-likeness (QED) is 0.431. The molecular weight excluding hydrogens is 319 g/mol. The Balaban J connectivity index is 2.44. The second kappa shape index (κ2) is 8.54. The number of amides is 1. The minimum Gasteiger partial charge on any atom is -0.383 e. The minimum absolute atomic E-state index is 0.189. The van der Waals surface area contributed by atoms with Crippen LogP contribution in [-0.4, -0.2) is 31.3 Å². The van der Waals surface area contributed by atoms with Crippen molar-refractivity contribution in [2.75, 3.05) is 20.3 Å². The van der Waals surface area contributed by atoms with Crippen molar-refractivity contribution in [3.05, 3.63) is 35.4 Å². The number of hydrazine groups is 1. The molecule has 22 heavy (non-hydrogen) atoms. The van der Waals surface area contributed by atoms with Crippen LogP contribution in [0.25, 0.3) is 0 Å². The largest absolute Gasteiger partial charge is 0.416 e. The van der Waals surface area contributed by atoms with E-state index in [2.05, 4.69) is 16.2 Å². The number of benzene rings is 1. The molecule has 0 radical (unpaired) electrons. The van der Waals surface area contributed by atoms with Crippen LogP contribution in [0.5, 0.6) is 0 Å². The lowest BCUT2D eigenvalue weighted by atomic mass is 10.1. The Morgan fingerprint density at radius 1 is 1.32 bits per heavy atom. The van der Waals surface area contributed by atoms with Crippen molar-refractivity contribution in [2.24, 2.45) is 0 Å². The number of ether oxygens (including phenoxy) is 1. The van der Waals surface area contributed by atoms with E-state index in [1.807, 2.05) is 0 Å². The van der Waals surface area contributed by atoms with E-state index in [0.29, 0.717) is 13.2 Å². The number of carbonyl (C=O) groups excluding carboxylic acids is 1. The van der Waals surface area contributed by atoms with Crippen LogP contribution in [0.3, 0.4) is 0 Å². The van der Waals surface area contributed by atoms with Gasteiger partial charge in [0.25, 0.3) is 0 Å². The normalized spacial score (nSPS) is 10.9. The third-order valence-corrected chi connectivity index (χ3v) is 2.77. The number of hydrogen-bond donors (Lipinski definition) is 3. The van der Waals surface area contributed by atoms with Gasteiger partial charge in [-0.3, -0.25) is 15.6 Å². The topological polar surface area (TPSA) is 62.4 Å². The molecule has 122 valence electrons. The van der Waals surface area contributed by atoms with Gasteiger partial charge in [0.1, 0.15) is 0 Å². The number of hydrogen-bond acceptors (Lipinski definition) is 3. The van der Waals surface area contributed by atoms with Crippen LogP contribution >= 0.6 is 12.2 Å². The Labute approximate surface area is 131 Å². The Morgan fingerprint density at radius 3 is 2.68 bits per heavy atom. The maximum Gasteiger partial charge on any atom is 0.416 e. The molecule has 1 rings (SSSR count). The van der Waals surface area contributed by atoms with Crippen molar-refractivity contribution in [1.82, 2.24) is 16.2 Å². The molecule has 0 aliphatic rings. The Hall–Kier alpha value is -1.87. The van der Waals surface area contributed by atoms with Crippen molar-refractivity contribution < 1.29 is 22.7 Å². The van der Waals surface area contributed by atoms with Gasteiger partial charge in [-0.1, -0.05) is 18.2 Å². The van der Waals surface area contributed by atoms with E-state index < -0.39 is 17.6 Å². The van der Waals surface area contributed by atoms with Crippen LogP contribution in [0.15, 0.2) is 24.3 Å². The molecule has 5 nitrogen and oxygen atoms in total. The van der Waals surface area contributed by atoms with Gasteiger partial charge in [-0.25, -0.2) is 0 Å². The zero-order valence-electron chi connectivity index (χ0n) is 11.8. The first-order chi connectivity index (χ1) is 10.3. The maximum absolute atomic E-state index is 12.6. The van der Waals surface area contributed by atoms with E-state index in [0.717, 1.165) is 12.1 Å². The molecule has 9 heteroatoms. The van der Waals surface area contributed by atoms with Crippen LogP contribution in [0.2, 0.25) is 0 Å². The monoisotopic (exact) mass is 335 g/mol. The molecule has 0 spiro atoms. The highest BCUT2D eigenvalue weighted by molar-refractivity contribution is 7.80. The number of thiocarbonyl (C=S) groups is 1. The molecule has 0 fully saturated rings. The van der Waals surface area contributed by atoms with E-state index in [1.54, 1.807) is 0 Å². The first-order valence-electron chi connectivity index (χ1n) is 6.30. The van der Waals surface area contributed by atoms with Gasteiger partial charge < -0.3 is 10.1 Å². The molecule has 3 N–H and O–H groups in total. The van der Waals surface area contributed by atoms with E-state index in [4.69, 9.17) is 17.0 Å². The van der Waals surface area contributed by atoms with Crippen molar-refractivity contribution >= 4 is 23.2 Å². The third kappa shape index (κ3) is 6.72. The van der Waals surface area contributed by atoms with Gasteiger partial charge in [-0.15, -0.1) is 0 Å². The molecule has 0 aliphatic carbocycles. The molecule has 0 unspecified atom stereocenters. The lowest BCUT2D eigenvalue weighted by Gasteiger charge is -2.12. The Bertz CT molecular complexity index is 523. The van der Waals surface area contributed by atoms with Crippen LogP contribution in [0.4, 0.5) is 13.2 Å². The van der Waals surface area contributed by atoms with E-state index in [9.17, 15) is 18.0 Å². The summed E-state index contributed by atoms with van der Waals surface area (Å²) in [5.41, 5.74) is 4.22. The summed E-state index contributed by atoms with van der Waals surface area (Å²) in [6, 6.07) is 4.60. The van der Waals surface area contributed by atoms with Gasteiger partial charge in [0, 0.05) is 13.7 Å². The Morgan fingerprint density at radius 2 is 2.05 bits per heavy atom. The van der Waals surface area contributed by atoms with Crippen molar-refractivity contribution in [2.45, 2.75) is 12.6 Å². The highest BCUT2D eigenvalue weighted by Crippen LogP contribution is 2.29. The van der Waals surface area contributed by atoms with Gasteiger partial charge in [0.15, 0.2) is 5.11 Å². The van der Waals surface area contributed by atoms with Gasteiger partial charge in [-0.2, -0.15) is 13.2 Å². The number of halogens is 3. The second-order valence-corrected chi connectivity index (χ2v) is 4.71. The lowest BCUT2D eigenvalue weighted by Crippen LogP contribution is -2.47. The summed E-state index contributed by atoms with van der Waals surface area (Å²) in [5.74, 6) is -0.504. The van der Waals surface area contributed by atoms with E-state index in [-0.39, 0.29) is 17.1 Å². The van der Waals surface area contributed by atoms with Gasteiger partial charge in [0.2, 0.25) is 5.91 Å². The molecule has 1 amide bonds. The molecule has 1 aromatic carbocycles. The highest BCUT2D eigenvalue weighted by Gasteiger charge is 2.30. The van der Waals surface area contributed by atoms with Crippen LogP contribution in [-0.2, 0) is 22.1 Å². The van der Waals surface area contributed by atoms with E-state index >= 15 is 0 Å². The van der Waals surface area contributed by atoms with Crippen LogP contribution in [0.1, 0.15) is 11.1 Å². The fourth-order valence-electron chi connectivity index (χ4n) is 1.52. The number of nitrogens with one attached hydrogen (secondary N) is 3. The number of methoxy groups -OCH3 is 1. The molecule has 0 saturated heterocycles. The molecule has 0 atom stereocenters. The standard InChI is InChI=1S/C13H16F3N3O2S/c1-21-6-5-17-12(22)19-18-11(20)8-9-3-2-4-10(7-9)13(14,15)16/h2-4,7H,5-6,8H2,1H3,(H,18,20)(H2,17,19,22). The van der Waals surface area contributed by atoms with Crippen molar-refractivity contribution in [1.29, 1.82) is 0 Å². The summed E-state index contributed by atoms with van der Waals surface area (Å²) in [6.07, 6.45) is -4.63. The lowest BCUT2D eigenvalue weighted by molar-refractivity contribution is -0.137. The predicted octanol–water partition coefficient (Wildman–Crippen LogP) is 1.39. The molecule has 0 aliphatic heterocycles. The van der Waals surface area contributed by atoms with Gasteiger partial charge >= 0.3 is 6.18 Å². The summed E-state index contributed by atoms with van der Waals surface area (Å²) in [7, 11) is 1.54. The smallest absolute Gasteiger partial charge is 0.383 e. The second-order valence-electron chi connectivity index (χ2n) is 4.30. The van der Waals surface area contributed by atoms with Crippen molar-refractivity contribution in [3.63, 3.8) is 0 Å². The molecule has 0 saturated carbocycles. The zero-order valence-corrected chi connectivity index (χ0v) is 12.6. The maximum atomic E-state index is 12.6. The molecule has 1 aromatic rings. The average Bonchev–Trinajstić information content (AvgIpc) is 2.45. The Kier molecular flexibility index (Phi) is 7.06. The minimum atomic E-state index is -4.43. The predicted molar refractivity (Wildman–Crippen MR) is 78.9 cm³/mol. The summed E-state index contributed by atoms with van der Waals surface area (Å²) in [5, 5.41) is 2.95. The van der Waals surface area contributed by atoms with Crippen molar-refractivity contribution in [3.8, 4) is 0 Å². The number of carbonyl (C=O) groups is 1. The average molecular weight is 335 g/mol. The SMILES string of the molecule is COCCNC(=S)NNC(=O)Cc1cccc(C(F)(F)F)c1. The number of rotatable bonds is 5. The third-order valence-electron chi connectivity index (χ3n) is 2.53. The van der Waals surface area contributed by atoms with Crippen LogP contribution < -0.4 is 16.2 Å². The summed E-state index contributed by atoms with van der Waals surface area (Å²) < 4.78 is 42.5. The molecule has 0 aromatic heterocycles. The summed E-state index contributed by atoms with van der Waals surface area (Å²) in [4.78, 5) is 11.6.